The highest BCUT2D eigenvalue weighted by atomic mass is 127. The van der Waals surface area contributed by atoms with Gasteiger partial charge in [0.05, 0.1) is 0 Å². The first-order chi connectivity index (χ1) is 6.83. The average Bonchev–Trinajstić information content (AvgIpc) is 2.21. The lowest BCUT2D eigenvalue weighted by molar-refractivity contribution is 0.640. The molecule has 0 spiro atoms. The Labute approximate surface area is 100 Å². The molecule has 0 aliphatic carbocycles. The Morgan fingerprint density at radius 1 is 1.14 bits per heavy atom. The van der Waals surface area contributed by atoms with Gasteiger partial charge >= 0.3 is 0 Å². The van der Waals surface area contributed by atoms with Crippen molar-refractivity contribution in [3.8, 4) is 0 Å². The summed E-state index contributed by atoms with van der Waals surface area (Å²) >= 11 is 2.34. The molecular formula is C12H18IN. The standard InChI is InChI=1S/C12H18IN/c1-2-9-14-10-3-4-11-5-7-12(13)8-6-11/h5-8,14H,2-4,9-10H2,1H3. The molecule has 0 heterocycles. The van der Waals surface area contributed by atoms with Crippen molar-refractivity contribution in [2.75, 3.05) is 13.1 Å². The van der Waals surface area contributed by atoms with E-state index in [2.05, 4.69) is 59.1 Å². The number of halogens is 1. The van der Waals surface area contributed by atoms with Crippen LogP contribution in [0.15, 0.2) is 24.3 Å². The van der Waals surface area contributed by atoms with E-state index in [1.54, 1.807) is 0 Å². The first-order valence-corrected chi connectivity index (χ1v) is 6.36. The zero-order valence-corrected chi connectivity index (χ0v) is 10.9. The van der Waals surface area contributed by atoms with Gasteiger partial charge in [-0.05, 0) is 72.6 Å². The van der Waals surface area contributed by atoms with Crippen molar-refractivity contribution in [2.24, 2.45) is 0 Å². The largest absolute Gasteiger partial charge is 0.317 e. The number of nitrogens with one attached hydrogen (secondary N) is 1. The Kier molecular flexibility index (Phi) is 6.19. The van der Waals surface area contributed by atoms with Crippen LogP contribution >= 0.6 is 22.6 Å². The summed E-state index contributed by atoms with van der Waals surface area (Å²) in [6.07, 6.45) is 3.65. The SMILES string of the molecule is CCCNCCCc1ccc(I)cc1. The molecule has 1 aromatic carbocycles. The van der Waals surface area contributed by atoms with Crippen LogP contribution < -0.4 is 5.32 Å². The fourth-order valence-electron chi connectivity index (χ4n) is 1.37. The fraction of sp³-hybridized carbons (Fsp3) is 0.500. The second-order valence-electron chi connectivity index (χ2n) is 3.48. The summed E-state index contributed by atoms with van der Waals surface area (Å²) in [7, 11) is 0. The topological polar surface area (TPSA) is 12.0 Å². The normalized spacial score (nSPS) is 10.4. The Hall–Kier alpha value is -0.0900. The predicted octanol–water partition coefficient (Wildman–Crippen LogP) is 3.22. The van der Waals surface area contributed by atoms with E-state index in [0.29, 0.717) is 0 Å². The van der Waals surface area contributed by atoms with Crippen molar-refractivity contribution in [1.82, 2.24) is 5.32 Å². The van der Waals surface area contributed by atoms with Crippen LogP contribution in [0.1, 0.15) is 25.3 Å². The number of hydrogen-bond acceptors (Lipinski definition) is 1. The van der Waals surface area contributed by atoms with Gasteiger partial charge in [0, 0.05) is 3.57 Å². The molecule has 0 saturated carbocycles. The lowest BCUT2D eigenvalue weighted by atomic mass is 10.1. The van der Waals surface area contributed by atoms with Gasteiger partial charge in [0.25, 0.3) is 0 Å². The van der Waals surface area contributed by atoms with Crippen LogP contribution in [0.25, 0.3) is 0 Å². The molecule has 0 unspecified atom stereocenters. The van der Waals surface area contributed by atoms with E-state index in [9.17, 15) is 0 Å². The molecule has 0 radical (unpaired) electrons. The van der Waals surface area contributed by atoms with Crippen molar-refractivity contribution < 1.29 is 0 Å². The maximum atomic E-state index is 3.42. The molecule has 78 valence electrons. The van der Waals surface area contributed by atoms with E-state index >= 15 is 0 Å². The summed E-state index contributed by atoms with van der Waals surface area (Å²) in [6.45, 7) is 4.48. The van der Waals surface area contributed by atoms with E-state index < -0.39 is 0 Å². The van der Waals surface area contributed by atoms with Crippen LogP contribution in [0.4, 0.5) is 0 Å². The molecule has 2 heteroatoms. The Balaban J connectivity index is 2.15. The highest BCUT2D eigenvalue weighted by molar-refractivity contribution is 14.1. The number of hydrogen-bond donors (Lipinski definition) is 1. The van der Waals surface area contributed by atoms with Crippen molar-refractivity contribution in [2.45, 2.75) is 26.2 Å². The molecule has 1 rings (SSSR count). The van der Waals surface area contributed by atoms with Gasteiger partial charge in [0.2, 0.25) is 0 Å². The molecule has 0 bridgehead atoms. The minimum Gasteiger partial charge on any atom is -0.317 e. The lowest BCUT2D eigenvalue weighted by Gasteiger charge is -2.03. The van der Waals surface area contributed by atoms with Gasteiger partial charge in [-0.3, -0.25) is 0 Å². The maximum Gasteiger partial charge on any atom is 0.0130 e. The molecule has 0 amide bonds. The Morgan fingerprint density at radius 2 is 1.86 bits per heavy atom. The van der Waals surface area contributed by atoms with Crippen molar-refractivity contribution in [1.29, 1.82) is 0 Å². The van der Waals surface area contributed by atoms with Crippen LogP contribution in [-0.2, 0) is 6.42 Å². The van der Waals surface area contributed by atoms with Gasteiger partial charge in [0.1, 0.15) is 0 Å². The monoisotopic (exact) mass is 303 g/mol. The van der Waals surface area contributed by atoms with Crippen LogP contribution in [0.2, 0.25) is 0 Å². The first kappa shape index (κ1) is 12.0. The highest BCUT2D eigenvalue weighted by Crippen LogP contribution is 2.08. The van der Waals surface area contributed by atoms with E-state index in [4.69, 9.17) is 0 Å². The molecule has 0 saturated heterocycles. The van der Waals surface area contributed by atoms with Crippen LogP contribution in [0.5, 0.6) is 0 Å². The quantitative estimate of drug-likeness (QED) is 0.628. The number of benzene rings is 1. The summed E-state index contributed by atoms with van der Waals surface area (Å²) in [5.41, 5.74) is 1.45. The minimum absolute atomic E-state index is 1.14. The van der Waals surface area contributed by atoms with Crippen molar-refractivity contribution >= 4 is 22.6 Å². The molecule has 0 atom stereocenters. The van der Waals surface area contributed by atoms with Crippen molar-refractivity contribution in [3.63, 3.8) is 0 Å². The smallest absolute Gasteiger partial charge is 0.0130 e. The summed E-state index contributed by atoms with van der Waals surface area (Å²) in [6, 6.07) is 8.80. The van der Waals surface area contributed by atoms with E-state index in [1.165, 1.54) is 28.4 Å². The average molecular weight is 303 g/mol. The molecular weight excluding hydrogens is 285 g/mol. The number of rotatable bonds is 6. The predicted molar refractivity (Wildman–Crippen MR) is 70.6 cm³/mol. The van der Waals surface area contributed by atoms with Gasteiger partial charge < -0.3 is 5.32 Å². The summed E-state index contributed by atoms with van der Waals surface area (Å²) in [5.74, 6) is 0. The second-order valence-corrected chi connectivity index (χ2v) is 4.73. The molecule has 0 aliphatic rings. The second kappa shape index (κ2) is 7.23. The Bertz CT molecular complexity index is 243. The van der Waals surface area contributed by atoms with Crippen LogP contribution in [0.3, 0.4) is 0 Å². The van der Waals surface area contributed by atoms with Gasteiger partial charge in [-0.2, -0.15) is 0 Å². The maximum absolute atomic E-state index is 3.42. The highest BCUT2D eigenvalue weighted by Gasteiger charge is 1.92. The van der Waals surface area contributed by atoms with Gasteiger partial charge in [-0.15, -0.1) is 0 Å². The van der Waals surface area contributed by atoms with E-state index in [1.807, 2.05) is 0 Å². The Morgan fingerprint density at radius 3 is 2.50 bits per heavy atom. The van der Waals surface area contributed by atoms with Gasteiger partial charge in [-0.25, -0.2) is 0 Å². The van der Waals surface area contributed by atoms with E-state index in [-0.39, 0.29) is 0 Å². The first-order valence-electron chi connectivity index (χ1n) is 5.28. The van der Waals surface area contributed by atoms with Gasteiger partial charge in [-0.1, -0.05) is 19.1 Å². The molecule has 0 aliphatic heterocycles. The third kappa shape index (κ3) is 4.96. The molecule has 14 heavy (non-hydrogen) atoms. The van der Waals surface area contributed by atoms with E-state index in [0.717, 1.165) is 13.1 Å². The van der Waals surface area contributed by atoms with Crippen molar-refractivity contribution in [3.05, 3.63) is 33.4 Å². The molecule has 1 aromatic rings. The third-order valence-corrected chi connectivity index (χ3v) is 2.88. The third-order valence-electron chi connectivity index (χ3n) is 2.16. The summed E-state index contributed by atoms with van der Waals surface area (Å²) in [4.78, 5) is 0. The lowest BCUT2D eigenvalue weighted by Crippen LogP contribution is -2.16. The minimum atomic E-state index is 1.14. The summed E-state index contributed by atoms with van der Waals surface area (Å²) < 4.78 is 1.32. The molecule has 1 nitrogen and oxygen atoms in total. The zero-order valence-electron chi connectivity index (χ0n) is 8.72. The molecule has 1 N–H and O–H groups in total. The van der Waals surface area contributed by atoms with Gasteiger partial charge in [0.15, 0.2) is 0 Å². The molecule has 0 fully saturated rings. The fourth-order valence-corrected chi connectivity index (χ4v) is 1.73. The van der Waals surface area contributed by atoms with Crippen LogP contribution in [-0.4, -0.2) is 13.1 Å². The zero-order chi connectivity index (χ0) is 10.2. The van der Waals surface area contributed by atoms with Crippen LogP contribution in [0, 0.1) is 3.57 Å². The number of aryl methyl sites for hydroxylation is 1. The molecule has 0 aromatic heterocycles. The summed E-state index contributed by atoms with van der Waals surface area (Å²) in [5, 5.41) is 3.42.